The molecule has 0 spiro atoms. The molecule has 0 aromatic heterocycles. The van der Waals surface area contributed by atoms with Crippen molar-refractivity contribution < 1.29 is 4.79 Å². The van der Waals surface area contributed by atoms with Gasteiger partial charge in [0.1, 0.15) is 0 Å². The Labute approximate surface area is 73.6 Å². The van der Waals surface area contributed by atoms with Crippen LogP contribution in [0, 0.1) is 0 Å². The molecule has 1 heterocycles. The van der Waals surface area contributed by atoms with Gasteiger partial charge in [-0.1, -0.05) is 19.1 Å². The largest absolute Gasteiger partial charge is 0.319 e. The first-order valence-electron chi connectivity index (χ1n) is 4.43. The molecule has 0 N–H and O–H groups in total. The van der Waals surface area contributed by atoms with Gasteiger partial charge in [0.25, 0.3) is 0 Å². The van der Waals surface area contributed by atoms with Gasteiger partial charge in [0.05, 0.1) is 0 Å². The van der Waals surface area contributed by atoms with E-state index in [2.05, 4.69) is 6.58 Å². The maximum Gasteiger partial charge on any atom is 0.226 e. The SMILES string of the molecule is C=CC=CN1CCCCCC1=O. The lowest BCUT2D eigenvalue weighted by Gasteiger charge is -2.14. The monoisotopic (exact) mass is 165 g/mol. The summed E-state index contributed by atoms with van der Waals surface area (Å²) < 4.78 is 0. The van der Waals surface area contributed by atoms with Crippen molar-refractivity contribution >= 4 is 5.91 Å². The number of hydrogen-bond acceptors (Lipinski definition) is 1. The zero-order valence-corrected chi connectivity index (χ0v) is 7.33. The lowest BCUT2D eigenvalue weighted by molar-refractivity contribution is -0.128. The van der Waals surface area contributed by atoms with Gasteiger partial charge < -0.3 is 4.90 Å². The van der Waals surface area contributed by atoms with Crippen LogP contribution in [-0.4, -0.2) is 17.4 Å². The van der Waals surface area contributed by atoms with Crippen LogP contribution < -0.4 is 0 Å². The van der Waals surface area contributed by atoms with Gasteiger partial charge in [0, 0.05) is 19.2 Å². The molecule has 0 radical (unpaired) electrons. The molecule has 1 amide bonds. The van der Waals surface area contributed by atoms with Crippen molar-refractivity contribution in [1.29, 1.82) is 0 Å². The van der Waals surface area contributed by atoms with E-state index < -0.39 is 0 Å². The van der Waals surface area contributed by atoms with E-state index >= 15 is 0 Å². The summed E-state index contributed by atoms with van der Waals surface area (Å²) in [6, 6.07) is 0. The fourth-order valence-electron chi connectivity index (χ4n) is 1.33. The number of carbonyl (C=O) groups excluding carboxylic acids is 1. The Morgan fingerprint density at radius 3 is 2.92 bits per heavy atom. The highest BCUT2D eigenvalue weighted by Gasteiger charge is 2.12. The van der Waals surface area contributed by atoms with Crippen LogP contribution in [0.3, 0.4) is 0 Å². The summed E-state index contributed by atoms with van der Waals surface area (Å²) >= 11 is 0. The van der Waals surface area contributed by atoms with E-state index in [1.165, 1.54) is 6.42 Å². The molecule has 0 aliphatic carbocycles. The van der Waals surface area contributed by atoms with Crippen LogP contribution in [0.2, 0.25) is 0 Å². The van der Waals surface area contributed by atoms with Gasteiger partial charge in [0.15, 0.2) is 0 Å². The van der Waals surface area contributed by atoms with Crippen LogP contribution in [0.1, 0.15) is 25.7 Å². The zero-order chi connectivity index (χ0) is 8.81. The van der Waals surface area contributed by atoms with Crippen molar-refractivity contribution in [1.82, 2.24) is 4.90 Å². The molecular weight excluding hydrogens is 150 g/mol. The minimum Gasteiger partial charge on any atom is -0.319 e. The minimum atomic E-state index is 0.241. The summed E-state index contributed by atoms with van der Waals surface area (Å²) in [5, 5.41) is 0. The predicted octanol–water partition coefficient (Wildman–Crippen LogP) is 2.09. The Morgan fingerprint density at radius 1 is 1.33 bits per heavy atom. The van der Waals surface area contributed by atoms with Crippen molar-refractivity contribution in [2.75, 3.05) is 6.54 Å². The lowest BCUT2D eigenvalue weighted by Crippen LogP contribution is -2.24. The van der Waals surface area contributed by atoms with E-state index in [-0.39, 0.29) is 5.91 Å². The first-order valence-corrected chi connectivity index (χ1v) is 4.43. The predicted molar refractivity (Wildman–Crippen MR) is 49.5 cm³/mol. The number of nitrogens with zero attached hydrogens (tertiary/aromatic N) is 1. The van der Waals surface area contributed by atoms with E-state index in [1.807, 2.05) is 12.3 Å². The van der Waals surface area contributed by atoms with Gasteiger partial charge in [-0.25, -0.2) is 0 Å². The quantitative estimate of drug-likeness (QED) is 0.574. The summed E-state index contributed by atoms with van der Waals surface area (Å²) in [6.07, 6.45) is 9.35. The highest BCUT2D eigenvalue weighted by Crippen LogP contribution is 2.11. The van der Waals surface area contributed by atoms with Crippen LogP contribution in [0.25, 0.3) is 0 Å². The summed E-state index contributed by atoms with van der Waals surface area (Å²) in [5.41, 5.74) is 0. The summed E-state index contributed by atoms with van der Waals surface area (Å²) in [5.74, 6) is 0.241. The lowest BCUT2D eigenvalue weighted by atomic mass is 10.2. The van der Waals surface area contributed by atoms with Crippen molar-refractivity contribution in [2.45, 2.75) is 25.7 Å². The number of likely N-dealkylation sites (tertiary alicyclic amines) is 1. The van der Waals surface area contributed by atoms with Gasteiger partial charge in [-0.15, -0.1) is 0 Å². The highest BCUT2D eigenvalue weighted by atomic mass is 16.2. The van der Waals surface area contributed by atoms with Crippen LogP contribution in [0.4, 0.5) is 0 Å². The molecule has 1 fully saturated rings. The van der Waals surface area contributed by atoms with Crippen molar-refractivity contribution in [2.24, 2.45) is 0 Å². The second-order valence-corrected chi connectivity index (χ2v) is 2.98. The maximum absolute atomic E-state index is 11.4. The van der Waals surface area contributed by atoms with Gasteiger partial charge in [-0.3, -0.25) is 4.79 Å². The Hall–Kier alpha value is -1.05. The van der Waals surface area contributed by atoms with E-state index in [1.54, 1.807) is 11.0 Å². The molecule has 0 aromatic rings. The van der Waals surface area contributed by atoms with E-state index in [0.29, 0.717) is 6.42 Å². The molecular formula is C10H15NO. The smallest absolute Gasteiger partial charge is 0.226 e. The zero-order valence-electron chi connectivity index (χ0n) is 7.33. The normalized spacial score (nSPS) is 19.7. The second kappa shape index (κ2) is 4.75. The van der Waals surface area contributed by atoms with Crippen LogP contribution >= 0.6 is 0 Å². The Morgan fingerprint density at radius 2 is 2.17 bits per heavy atom. The van der Waals surface area contributed by atoms with Crippen molar-refractivity contribution in [3.05, 3.63) is 24.9 Å². The summed E-state index contributed by atoms with van der Waals surface area (Å²) in [4.78, 5) is 13.1. The van der Waals surface area contributed by atoms with Crippen LogP contribution in [-0.2, 0) is 4.79 Å². The average Bonchev–Trinajstić information content (AvgIpc) is 2.27. The van der Waals surface area contributed by atoms with Gasteiger partial charge in [-0.05, 0) is 18.9 Å². The topological polar surface area (TPSA) is 20.3 Å². The summed E-state index contributed by atoms with van der Waals surface area (Å²) in [7, 11) is 0. The third-order valence-corrected chi connectivity index (χ3v) is 2.01. The molecule has 0 aromatic carbocycles. The summed E-state index contributed by atoms with van der Waals surface area (Å²) in [6.45, 7) is 4.43. The van der Waals surface area contributed by atoms with E-state index in [4.69, 9.17) is 0 Å². The van der Waals surface area contributed by atoms with Gasteiger partial charge in [0.2, 0.25) is 5.91 Å². The standard InChI is InChI=1S/C10H15NO/c1-2-3-8-11-9-6-4-5-7-10(11)12/h2-3,8H,1,4-7,9H2. The fraction of sp³-hybridized carbons (Fsp3) is 0.500. The molecule has 0 atom stereocenters. The number of carbonyl (C=O) groups is 1. The van der Waals surface area contributed by atoms with E-state index in [9.17, 15) is 4.79 Å². The van der Waals surface area contributed by atoms with Gasteiger partial charge in [-0.2, -0.15) is 0 Å². The molecule has 0 unspecified atom stereocenters. The molecule has 1 rings (SSSR count). The molecule has 2 heteroatoms. The molecule has 2 nitrogen and oxygen atoms in total. The van der Waals surface area contributed by atoms with Gasteiger partial charge >= 0.3 is 0 Å². The highest BCUT2D eigenvalue weighted by molar-refractivity contribution is 5.77. The van der Waals surface area contributed by atoms with Crippen molar-refractivity contribution in [3.8, 4) is 0 Å². The Bertz CT molecular complexity index is 196. The third kappa shape index (κ3) is 2.53. The molecule has 0 saturated carbocycles. The number of rotatable bonds is 2. The molecule has 12 heavy (non-hydrogen) atoms. The molecule has 66 valence electrons. The van der Waals surface area contributed by atoms with Crippen LogP contribution in [0.15, 0.2) is 24.9 Å². The second-order valence-electron chi connectivity index (χ2n) is 2.98. The first-order chi connectivity index (χ1) is 5.84. The minimum absolute atomic E-state index is 0.241. The first kappa shape index (κ1) is 9.04. The maximum atomic E-state index is 11.4. The number of allylic oxidation sites excluding steroid dienone is 2. The number of amides is 1. The molecule has 1 saturated heterocycles. The Kier molecular flexibility index (Phi) is 3.58. The average molecular weight is 165 g/mol. The Balaban J connectivity index is 2.52. The third-order valence-electron chi connectivity index (χ3n) is 2.01. The molecule has 0 bridgehead atoms. The fourth-order valence-corrected chi connectivity index (χ4v) is 1.33. The van der Waals surface area contributed by atoms with Crippen LogP contribution in [0.5, 0.6) is 0 Å². The molecule has 1 aliphatic rings. The molecule has 1 aliphatic heterocycles. The van der Waals surface area contributed by atoms with E-state index in [0.717, 1.165) is 19.4 Å². The van der Waals surface area contributed by atoms with Crippen molar-refractivity contribution in [3.63, 3.8) is 0 Å². The number of hydrogen-bond donors (Lipinski definition) is 0.